The number of aryl methyl sites for hydroxylation is 1. The third-order valence-corrected chi connectivity index (χ3v) is 5.34. The van der Waals surface area contributed by atoms with Gasteiger partial charge in [0.2, 0.25) is 5.91 Å². The van der Waals surface area contributed by atoms with Crippen LogP contribution < -0.4 is 10.5 Å². The number of carbonyl (C=O) groups is 1. The Hall–Kier alpha value is -2.63. The maximum atomic E-state index is 12.7. The van der Waals surface area contributed by atoms with Gasteiger partial charge in [-0.15, -0.1) is 0 Å². The number of fused-ring (bicyclic) bond motifs is 1. The van der Waals surface area contributed by atoms with Crippen LogP contribution in [0.3, 0.4) is 0 Å². The summed E-state index contributed by atoms with van der Waals surface area (Å²) in [6, 6.07) is 7.54. The van der Waals surface area contributed by atoms with Crippen molar-refractivity contribution in [2.45, 2.75) is 26.4 Å². The van der Waals surface area contributed by atoms with Gasteiger partial charge in [0, 0.05) is 57.0 Å². The van der Waals surface area contributed by atoms with Gasteiger partial charge in [-0.05, 0) is 30.2 Å². The van der Waals surface area contributed by atoms with E-state index >= 15 is 0 Å². The van der Waals surface area contributed by atoms with E-state index in [1.54, 1.807) is 23.9 Å². The molecule has 4 heterocycles. The van der Waals surface area contributed by atoms with Gasteiger partial charge in [0.15, 0.2) is 0 Å². The zero-order valence-electron chi connectivity index (χ0n) is 14.6. The number of amides is 1. The molecule has 1 amide bonds. The number of rotatable bonds is 3. The molecule has 2 aliphatic rings. The lowest BCUT2D eigenvalue weighted by atomic mass is 9.95. The first-order valence-corrected chi connectivity index (χ1v) is 8.65. The lowest BCUT2D eigenvalue weighted by Gasteiger charge is -2.40. The van der Waals surface area contributed by atoms with Gasteiger partial charge in [-0.25, -0.2) is 4.98 Å². The van der Waals surface area contributed by atoms with Crippen molar-refractivity contribution in [1.29, 1.82) is 0 Å². The van der Waals surface area contributed by atoms with Crippen molar-refractivity contribution in [2.75, 3.05) is 18.0 Å². The quantitative estimate of drug-likeness (QED) is 0.850. The van der Waals surface area contributed by atoms with E-state index in [0.717, 1.165) is 35.7 Å². The molecular weight excluding hydrogens is 316 g/mol. The fraction of sp³-hybridized carbons (Fsp3) is 0.421. The van der Waals surface area contributed by atoms with E-state index in [0.29, 0.717) is 25.4 Å². The molecule has 0 N–H and O–H groups in total. The Kier molecular flexibility index (Phi) is 3.82. The molecule has 0 aromatic carbocycles. The van der Waals surface area contributed by atoms with Gasteiger partial charge in [-0.2, -0.15) is 0 Å². The molecule has 130 valence electrons. The van der Waals surface area contributed by atoms with Crippen LogP contribution in [0.15, 0.2) is 35.3 Å². The molecule has 2 aliphatic heterocycles. The molecule has 6 heteroatoms. The zero-order valence-corrected chi connectivity index (χ0v) is 14.6. The van der Waals surface area contributed by atoms with Crippen LogP contribution in [-0.2, 0) is 24.9 Å². The first-order chi connectivity index (χ1) is 12.0. The molecule has 1 fully saturated rings. The van der Waals surface area contributed by atoms with Crippen molar-refractivity contribution in [2.24, 2.45) is 13.0 Å². The van der Waals surface area contributed by atoms with Crippen LogP contribution in [-0.4, -0.2) is 33.4 Å². The second-order valence-electron chi connectivity index (χ2n) is 7.06. The Labute approximate surface area is 146 Å². The molecule has 0 aliphatic carbocycles. The summed E-state index contributed by atoms with van der Waals surface area (Å²) in [6.07, 6.45) is 2.35. The summed E-state index contributed by atoms with van der Waals surface area (Å²) in [4.78, 5) is 33.0. The maximum absolute atomic E-state index is 12.7. The van der Waals surface area contributed by atoms with Crippen LogP contribution in [0.4, 0.5) is 5.82 Å². The number of nitrogens with zero attached hydrogens (tertiary/aromatic N) is 4. The molecule has 0 bridgehead atoms. The van der Waals surface area contributed by atoms with E-state index in [-0.39, 0.29) is 11.5 Å². The standard InChI is InChI=1S/C19H22N4O2/c1-13-7-18(24)21(2)16-12-23(11-15(13)16)19(25)8-14-9-22(10-14)17-5-3-4-6-20-17/h3-7,14H,8-12H2,1-2H3. The Morgan fingerprint density at radius 3 is 2.80 bits per heavy atom. The topological polar surface area (TPSA) is 58.4 Å². The molecular formula is C19H22N4O2. The highest BCUT2D eigenvalue weighted by Crippen LogP contribution is 2.28. The average molecular weight is 338 g/mol. The molecule has 2 aromatic rings. The maximum Gasteiger partial charge on any atom is 0.250 e. The number of anilines is 1. The van der Waals surface area contributed by atoms with Crippen molar-refractivity contribution in [3.63, 3.8) is 0 Å². The summed E-state index contributed by atoms with van der Waals surface area (Å²) in [7, 11) is 1.78. The van der Waals surface area contributed by atoms with Crippen molar-refractivity contribution in [3.05, 3.63) is 57.6 Å². The molecule has 2 aromatic heterocycles. The van der Waals surface area contributed by atoms with Crippen LogP contribution in [0, 0.1) is 12.8 Å². The normalized spacial score (nSPS) is 16.7. The van der Waals surface area contributed by atoms with Crippen LogP contribution in [0.1, 0.15) is 23.2 Å². The molecule has 6 nitrogen and oxygen atoms in total. The molecule has 1 saturated heterocycles. The van der Waals surface area contributed by atoms with Gasteiger partial charge in [-0.1, -0.05) is 6.07 Å². The minimum atomic E-state index is -0.00413. The second-order valence-corrected chi connectivity index (χ2v) is 7.06. The number of aromatic nitrogens is 2. The summed E-state index contributed by atoms with van der Waals surface area (Å²) < 4.78 is 1.67. The summed E-state index contributed by atoms with van der Waals surface area (Å²) in [5.74, 6) is 1.53. The Balaban J connectivity index is 1.37. The number of hydrogen-bond acceptors (Lipinski definition) is 4. The second kappa shape index (κ2) is 6.02. The van der Waals surface area contributed by atoms with Gasteiger partial charge in [0.05, 0.1) is 6.54 Å². The van der Waals surface area contributed by atoms with E-state index in [9.17, 15) is 9.59 Å². The summed E-state index contributed by atoms with van der Waals surface area (Å²) in [6.45, 7) is 4.86. The molecule has 0 saturated carbocycles. The summed E-state index contributed by atoms with van der Waals surface area (Å²) in [5, 5.41) is 0. The molecule has 0 unspecified atom stereocenters. The third-order valence-electron chi connectivity index (χ3n) is 5.34. The highest BCUT2D eigenvalue weighted by atomic mass is 16.2. The summed E-state index contributed by atoms with van der Waals surface area (Å²) in [5.41, 5.74) is 3.08. The van der Waals surface area contributed by atoms with Gasteiger partial charge < -0.3 is 14.4 Å². The van der Waals surface area contributed by atoms with Crippen LogP contribution >= 0.6 is 0 Å². The summed E-state index contributed by atoms with van der Waals surface area (Å²) >= 11 is 0. The van der Waals surface area contributed by atoms with Gasteiger partial charge in [0.1, 0.15) is 5.82 Å². The van der Waals surface area contributed by atoms with Crippen LogP contribution in [0.5, 0.6) is 0 Å². The van der Waals surface area contributed by atoms with Crippen LogP contribution in [0.2, 0.25) is 0 Å². The van der Waals surface area contributed by atoms with E-state index in [1.165, 1.54) is 0 Å². The van der Waals surface area contributed by atoms with E-state index in [2.05, 4.69) is 9.88 Å². The van der Waals surface area contributed by atoms with Crippen molar-refractivity contribution in [3.8, 4) is 0 Å². The Morgan fingerprint density at radius 1 is 1.28 bits per heavy atom. The van der Waals surface area contributed by atoms with E-state index in [4.69, 9.17) is 0 Å². The third kappa shape index (κ3) is 2.81. The number of pyridine rings is 2. The smallest absolute Gasteiger partial charge is 0.250 e. The predicted molar refractivity (Wildman–Crippen MR) is 95.2 cm³/mol. The van der Waals surface area contributed by atoms with Gasteiger partial charge in [-0.3, -0.25) is 9.59 Å². The fourth-order valence-corrected chi connectivity index (χ4v) is 3.76. The lowest BCUT2D eigenvalue weighted by Crippen LogP contribution is -2.49. The SMILES string of the molecule is Cc1cc(=O)n(C)c2c1CN(C(=O)CC1CN(c3ccccn3)C1)C2. The predicted octanol–water partition coefficient (Wildman–Crippen LogP) is 1.46. The largest absolute Gasteiger partial charge is 0.356 e. The van der Waals surface area contributed by atoms with Crippen molar-refractivity contribution >= 4 is 11.7 Å². The minimum absolute atomic E-state index is 0.00413. The zero-order chi connectivity index (χ0) is 17.6. The van der Waals surface area contributed by atoms with Crippen LogP contribution in [0.25, 0.3) is 0 Å². The molecule has 0 atom stereocenters. The Morgan fingerprint density at radius 2 is 2.08 bits per heavy atom. The lowest BCUT2D eigenvalue weighted by molar-refractivity contribution is -0.133. The fourth-order valence-electron chi connectivity index (χ4n) is 3.76. The van der Waals surface area contributed by atoms with Gasteiger partial charge in [0.25, 0.3) is 5.56 Å². The van der Waals surface area contributed by atoms with Crippen molar-refractivity contribution < 1.29 is 4.79 Å². The molecule has 25 heavy (non-hydrogen) atoms. The Bertz CT molecular complexity index is 869. The number of hydrogen-bond donors (Lipinski definition) is 0. The monoisotopic (exact) mass is 338 g/mol. The highest BCUT2D eigenvalue weighted by molar-refractivity contribution is 5.77. The molecule has 4 rings (SSSR count). The minimum Gasteiger partial charge on any atom is -0.356 e. The number of carbonyl (C=O) groups excluding carboxylic acids is 1. The molecule has 0 radical (unpaired) electrons. The first-order valence-electron chi connectivity index (χ1n) is 8.65. The highest BCUT2D eigenvalue weighted by Gasteiger charge is 2.33. The van der Waals surface area contributed by atoms with Gasteiger partial charge >= 0.3 is 0 Å². The average Bonchev–Trinajstić information content (AvgIpc) is 3.02. The van der Waals surface area contributed by atoms with E-state index in [1.807, 2.05) is 30.0 Å². The van der Waals surface area contributed by atoms with Crippen molar-refractivity contribution in [1.82, 2.24) is 14.5 Å². The van der Waals surface area contributed by atoms with E-state index < -0.39 is 0 Å². The first kappa shape index (κ1) is 15.9. The molecule has 0 spiro atoms.